The maximum atomic E-state index is 12.5. The summed E-state index contributed by atoms with van der Waals surface area (Å²) >= 11 is 0. The molecule has 220 valence electrons. The van der Waals surface area contributed by atoms with E-state index in [1.165, 1.54) is 5.56 Å². The van der Waals surface area contributed by atoms with Crippen LogP contribution >= 0.6 is 0 Å². The Balaban J connectivity index is 0.00000111. The Morgan fingerprint density at radius 3 is 2.27 bits per heavy atom. The molecule has 1 unspecified atom stereocenters. The second-order valence-electron chi connectivity index (χ2n) is 9.34. The molecule has 7 heterocycles. The number of benzene rings is 1. The van der Waals surface area contributed by atoms with E-state index in [-0.39, 0.29) is 5.91 Å². The van der Waals surface area contributed by atoms with Gasteiger partial charge in [0.2, 0.25) is 17.8 Å². The van der Waals surface area contributed by atoms with Gasteiger partial charge in [-0.2, -0.15) is 0 Å². The first-order chi connectivity index (χ1) is 20.0. The summed E-state index contributed by atoms with van der Waals surface area (Å²) in [5.74, 6) is 0.413. The first kappa shape index (κ1) is 31.4. The lowest BCUT2D eigenvalue weighted by atomic mass is 10.1. The highest BCUT2D eigenvalue weighted by Gasteiger charge is 2.20. The highest BCUT2D eigenvalue weighted by Crippen LogP contribution is 2.23. The standard InChI is InChI=1S/C26H31N9O2.2C2H6/c27-25(37)22-5-7-29-24(36)17-35-10-8-34(9-11-35)16-18-2-1-3-21(12-18)32-23-13-19(4-6-28-23)20-14-30-26(33-22)31-15-20;2*1-2/h1-4,6,12-15,22H,5,7-11,16-17H2,(H2,27,37)(H,28,32)(H,29,36)(H,30,31,33);2*1-2H3. The zero-order valence-electron chi connectivity index (χ0n) is 24.6. The molecule has 5 aliphatic rings. The number of rotatable bonds is 1. The number of nitrogens with one attached hydrogen (secondary N) is 3. The van der Waals surface area contributed by atoms with Gasteiger partial charge in [-0.1, -0.05) is 39.8 Å². The van der Waals surface area contributed by atoms with E-state index in [1.54, 1.807) is 18.6 Å². The fourth-order valence-corrected chi connectivity index (χ4v) is 4.55. The number of pyridine rings is 1. The quantitative estimate of drug-likeness (QED) is 0.352. The van der Waals surface area contributed by atoms with Crippen LogP contribution in [-0.4, -0.2) is 81.9 Å². The number of hydrogen-bond acceptors (Lipinski definition) is 9. The van der Waals surface area contributed by atoms with Crippen LogP contribution in [0.4, 0.5) is 17.5 Å². The lowest BCUT2D eigenvalue weighted by Gasteiger charge is -2.34. The maximum absolute atomic E-state index is 12.5. The van der Waals surface area contributed by atoms with Crippen molar-refractivity contribution >= 4 is 29.3 Å². The molecular formula is C30H43N9O2. The summed E-state index contributed by atoms with van der Waals surface area (Å²) in [6.45, 7) is 12.9. The van der Waals surface area contributed by atoms with Gasteiger partial charge in [-0.3, -0.25) is 19.4 Å². The smallest absolute Gasteiger partial charge is 0.240 e. The fourth-order valence-electron chi connectivity index (χ4n) is 4.55. The van der Waals surface area contributed by atoms with Crippen LogP contribution in [0.2, 0.25) is 0 Å². The number of nitrogens with two attached hydrogens (primary N) is 1. The minimum absolute atomic E-state index is 0.0650. The van der Waals surface area contributed by atoms with Crippen molar-refractivity contribution in [2.24, 2.45) is 5.73 Å². The number of aromatic nitrogens is 3. The summed E-state index contributed by atoms with van der Waals surface area (Å²) in [5, 5.41) is 9.28. The second-order valence-corrected chi connectivity index (χ2v) is 9.34. The van der Waals surface area contributed by atoms with Crippen LogP contribution < -0.4 is 21.7 Å². The molecule has 2 amide bonds. The number of amides is 2. The van der Waals surface area contributed by atoms with Crippen molar-refractivity contribution in [1.82, 2.24) is 30.1 Å². The van der Waals surface area contributed by atoms with Crippen LogP contribution in [0.15, 0.2) is 55.0 Å². The molecule has 11 nitrogen and oxygen atoms in total. The molecule has 0 saturated carbocycles. The Morgan fingerprint density at radius 1 is 0.902 bits per heavy atom. The summed E-state index contributed by atoms with van der Waals surface area (Å²) in [4.78, 5) is 42.2. The fraction of sp³-hybridized carbons (Fsp3) is 0.433. The van der Waals surface area contributed by atoms with E-state index < -0.39 is 11.9 Å². The Morgan fingerprint density at radius 2 is 1.59 bits per heavy atom. The summed E-state index contributed by atoms with van der Waals surface area (Å²) in [5.41, 5.74) is 9.47. The monoisotopic (exact) mass is 561 g/mol. The molecule has 0 aliphatic carbocycles. The van der Waals surface area contributed by atoms with Gasteiger partial charge < -0.3 is 21.7 Å². The van der Waals surface area contributed by atoms with Crippen LogP contribution in [0, 0.1) is 0 Å². The predicted molar refractivity (Wildman–Crippen MR) is 164 cm³/mol. The SMILES string of the molecule is CC.CC.NC(=O)C1CCNC(=O)CN2CCN(CC2)Cc2cccc(c2)Nc2cc(ccn2)-c2cnc(nc2)N1. The van der Waals surface area contributed by atoms with Crippen molar-refractivity contribution in [3.63, 3.8) is 0 Å². The molecule has 2 aromatic heterocycles. The van der Waals surface area contributed by atoms with Crippen molar-refractivity contribution < 1.29 is 9.59 Å². The van der Waals surface area contributed by atoms with Gasteiger partial charge in [0.15, 0.2) is 0 Å². The molecule has 5 aliphatic heterocycles. The molecule has 8 bridgehead atoms. The van der Waals surface area contributed by atoms with Crippen LogP contribution in [0.3, 0.4) is 0 Å². The normalized spacial score (nSPS) is 20.5. The van der Waals surface area contributed by atoms with E-state index in [0.29, 0.717) is 25.5 Å². The number of carbonyl (C=O) groups excluding carboxylic acids is 2. The second kappa shape index (κ2) is 16.2. The van der Waals surface area contributed by atoms with Crippen molar-refractivity contribution in [1.29, 1.82) is 0 Å². The number of carbonyl (C=O) groups is 2. The first-order valence-corrected chi connectivity index (χ1v) is 14.4. The molecule has 1 aromatic carbocycles. The first-order valence-electron chi connectivity index (χ1n) is 14.4. The molecule has 11 heteroatoms. The number of hydrogen-bond donors (Lipinski definition) is 4. The third kappa shape index (κ3) is 9.51. The van der Waals surface area contributed by atoms with Crippen LogP contribution in [0.25, 0.3) is 11.1 Å². The molecule has 1 atom stereocenters. The third-order valence-corrected chi connectivity index (χ3v) is 6.58. The van der Waals surface area contributed by atoms with Crippen molar-refractivity contribution in [3.05, 3.63) is 60.6 Å². The number of piperazine rings is 1. The van der Waals surface area contributed by atoms with Crippen molar-refractivity contribution in [3.8, 4) is 11.1 Å². The topological polar surface area (TPSA) is 141 Å². The summed E-state index contributed by atoms with van der Waals surface area (Å²) in [6.07, 6.45) is 5.44. The van der Waals surface area contributed by atoms with E-state index in [4.69, 9.17) is 5.73 Å². The Bertz CT molecular complexity index is 1240. The van der Waals surface area contributed by atoms with E-state index >= 15 is 0 Å². The van der Waals surface area contributed by atoms with E-state index in [2.05, 4.69) is 52.8 Å². The van der Waals surface area contributed by atoms with Gasteiger partial charge in [-0.15, -0.1) is 0 Å². The van der Waals surface area contributed by atoms with E-state index in [1.807, 2.05) is 52.0 Å². The minimum Gasteiger partial charge on any atom is -0.368 e. The molecule has 8 rings (SSSR count). The number of primary amides is 1. The zero-order valence-corrected chi connectivity index (χ0v) is 24.6. The number of nitrogens with zero attached hydrogens (tertiary/aromatic N) is 5. The van der Waals surface area contributed by atoms with Gasteiger partial charge in [0.05, 0.1) is 6.54 Å². The highest BCUT2D eigenvalue weighted by atomic mass is 16.2. The summed E-state index contributed by atoms with van der Waals surface area (Å²) in [6, 6.07) is 11.5. The molecule has 0 spiro atoms. The largest absolute Gasteiger partial charge is 0.368 e. The van der Waals surface area contributed by atoms with E-state index in [9.17, 15) is 9.59 Å². The Labute approximate surface area is 243 Å². The highest BCUT2D eigenvalue weighted by molar-refractivity contribution is 5.82. The van der Waals surface area contributed by atoms with Gasteiger partial charge in [-0.25, -0.2) is 15.0 Å². The lowest BCUT2D eigenvalue weighted by molar-refractivity contribution is -0.123. The van der Waals surface area contributed by atoms with Crippen LogP contribution in [0.5, 0.6) is 0 Å². The van der Waals surface area contributed by atoms with E-state index in [0.717, 1.165) is 55.4 Å². The van der Waals surface area contributed by atoms with Gasteiger partial charge in [0.25, 0.3) is 0 Å². The Hall–Kier alpha value is -4.09. The average Bonchev–Trinajstić information content (AvgIpc) is 3.00. The van der Waals surface area contributed by atoms with Gasteiger partial charge in [0.1, 0.15) is 11.9 Å². The van der Waals surface area contributed by atoms with Crippen molar-refractivity contribution in [2.75, 3.05) is 49.9 Å². The molecular weight excluding hydrogens is 518 g/mol. The Kier molecular flexibility index (Phi) is 12.5. The average molecular weight is 562 g/mol. The van der Waals surface area contributed by atoms with Gasteiger partial charge in [0, 0.05) is 69.1 Å². The van der Waals surface area contributed by atoms with Crippen molar-refractivity contribution in [2.45, 2.75) is 46.7 Å². The van der Waals surface area contributed by atoms with Crippen LogP contribution in [-0.2, 0) is 16.1 Å². The zero-order chi connectivity index (χ0) is 29.6. The van der Waals surface area contributed by atoms with Gasteiger partial charge in [-0.05, 0) is 41.8 Å². The maximum Gasteiger partial charge on any atom is 0.240 e. The summed E-state index contributed by atoms with van der Waals surface area (Å²) in [7, 11) is 0. The van der Waals surface area contributed by atoms with Gasteiger partial charge >= 0.3 is 0 Å². The van der Waals surface area contributed by atoms with Crippen LogP contribution in [0.1, 0.15) is 39.7 Å². The molecule has 5 N–H and O–H groups in total. The molecule has 41 heavy (non-hydrogen) atoms. The predicted octanol–water partition coefficient (Wildman–Crippen LogP) is 3.24. The molecule has 1 fully saturated rings. The molecule has 0 radical (unpaired) electrons. The summed E-state index contributed by atoms with van der Waals surface area (Å²) < 4.78 is 0. The number of anilines is 3. The molecule has 1 saturated heterocycles. The third-order valence-electron chi connectivity index (χ3n) is 6.58. The lowest BCUT2D eigenvalue weighted by Crippen LogP contribution is -2.49. The minimum atomic E-state index is -0.706. The molecule has 3 aromatic rings.